The van der Waals surface area contributed by atoms with Crippen LogP contribution in [0.5, 0.6) is 0 Å². The lowest BCUT2D eigenvalue weighted by molar-refractivity contribution is 0.637. The summed E-state index contributed by atoms with van der Waals surface area (Å²) in [5, 5.41) is 0. The van der Waals surface area contributed by atoms with Crippen molar-refractivity contribution in [3.63, 3.8) is 0 Å². The molecule has 0 aliphatic carbocycles. The minimum atomic E-state index is -0.199. The Morgan fingerprint density at radius 3 is 1.17 bits per heavy atom. The van der Waals surface area contributed by atoms with Gasteiger partial charge in [-0.15, -0.1) is 0 Å². The van der Waals surface area contributed by atoms with Crippen LogP contribution >= 0.6 is 0 Å². The van der Waals surface area contributed by atoms with Gasteiger partial charge in [0.25, 0.3) is 0 Å². The van der Waals surface area contributed by atoms with E-state index in [1.54, 1.807) is 0 Å². The van der Waals surface area contributed by atoms with E-state index in [0.717, 1.165) is 0 Å². The maximum atomic E-state index is 2.33. The Morgan fingerprint density at radius 2 is 0.733 bits per heavy atom. The summed E-state index contributed by atoms with van der Waals surface area (Å²) >= 11 is 0. The van der Waals surface area contributed by atoms with Gasteiger partial charge in [-0.2, -0.15) is 0 Å². The largest absolute Gasteiger partial charge is 0.0622 e. The van der Waals surface area contributed by atoms with Gasteiger partial charge in [0.15, 0.2) is 0 Å². The maximum Gasteiger partial charge on any atom is 0.0423 e. The first-order valence-corrected chi connectivity index (χ1v) is 10.7. The van der Waals surface area contributed by atoms with Crippen LogP contribution in [0.4, 0.5) is 0 Å². The molecule has 0 heterocycles. The van der Waals surface area contributed by atoms with E-state index in [0.29, 0.717) is 0 Å². The van der Waals surface area contributed by atoms with Gasteiger partial charge in [0.2, 0.25) is 0 Å². The third kappa shape index (κ3) is 3.59. The Kier molecular flexibility index (Phi) is 5.35. The summed E-state index contributed by atoms with van der Waals surface area (Å²) in [6.45, 7) is 9.08. The SMILES string of the molecule is Cc1ccc(C(C)(C)c2ccc(C(C)(c3ccccc3)c3ccccc3)cc2)cc1. The minimum Gasteiger partial charge on any atom is -0.0622 e. The molecule has 0 bridgehead atoms. The molecule has 0 aromatic heterocycles. The molecule has 0 fully saturated rings. The van der Waals surface area contributed by atoms with E-state index in [4.69, 9.17) is 0 Å². The Bertz CT molecular complexity index is 1050. The lowest BCUT2D eigenvalue weighted by atomic mass is 9.70. The van der Waals surface area contributed by atoms with Crippen LogP contribution in [0.1, 0.15) is 54.2 Å². The maximum absolute atomic E-state index is 2.33. The summed E-state index contributed by atoms with van der Waals surface area (Å²) in [5.74, 6) is 0. The van der Waals surface area contributed by atoms with Crippen molar-refractivity contribution >= 4 is 0 Å². The third-order valence-corrected chi connectivity index (χ3v) is 6.66. The molecule has 0 nitrogen and oxygen atoms in total. The summed E-state index contributed by atoms with van der Waals surface area (Å²) in [6.07, 6.45) is 0. The lowest BCUT2D eigenvalue weighted by Crippen LogP contribution is -2.26. The fourth-order valence-electron chi connectivity index (χ4n) is 4.40. The molecule has 0 atom stereocenters. The van der Waals surface area contributed by atoms with Crippen LogP contribution in [0.3, 0.4) is 0 Å². The van der Waals surface area contributed by atoms with Crippen LogP contribution in [0.15, 0.2) is 109 Å². The van der Waals surface area contributed by atoms with Crippen molar-refractivity contribution < 1.29 is 0 Å². The van der Waals surface area contributed by atoms with E-state index in [1.807, 2.05) is 0 Å². The molecular formula is C30H30. The molecule has 0 radical (unpaired) electrons. The summed E-state index contributed by atoms with van der Waals surface area (Å²) in [4.78, 5) is 0. The molecule has 0 aliphatic heterocycles. The Morgan fingerprint density at radius 1 is 0.400 bits per heavy atom. The van der Waals surface area contributed by atoms with Gasteiger partial charge in [-0.25, -0.2) is 0 Å². The van der Waals surface area contributed by atoms with Gasteiger partial charge in [-0.05, 0) is 41.7 Å². The number of benzene rings is 4. The number of rotatable bonds is 5. The van der Waals surface area contributed by atoms with Crippen LogP contribution in [0.25, 0.3) is 0 Å². The van der Waals surface area contributed by atoms with Crippen molar-refractivity contribution in [2.24, 2.45) is 0 Å². The molecule has 4 rings (SSSR count). The van der Waals surface area contributed by atoms with E-state index >= 15 is 0 Å². The highest BCUT2D eigenvalue weighted by atomic mass is 14.3. The van der Waals surface area contributed by atoms with E-state index in [9.17, 15) is 0 Å². The first-order chi connectivity index (χ1) is 14.4. The van der Waals surface area contributed by atoms with Gasteiger partial charge in [-0.1, -0.05) is 129 Å². The average Bonchev–Trinajstić information content (AvgIpc) is 2.80. The molecule has 0 saturated carbocycles. The zero-order chi connectivity index (χ0) is 21.2. The highest BCUT2D eigenvalue weighted by molar-refractivity contribution is 5.51. The van der Waals surface area contributed by atoms with Gasteiger partial charge in [0, 0.05) is 10.8 Å². The smallest absolute Gasteiger partial charge is 0.0423 e. The van der Waals surface area contributed by atoms with Gasteiger partial charge < -0.3 is 0 Å². The predicted molar refractivity (Wildman–Crippen MR) is 128 cm³/mol. The average molecular weight is 391 g/mol. The first-order valence-electron chi connectivity index (χ1n) is 10.7. The quantitative estimate of drug-likeness (QED) is 0.307. The van der Waals surface area contributed by atoms with Gasteiger partial charge in [0.1, 0.15) is 0 Å². The zero-order valence-corrected chi connectivity index (χ0v) is 18.4. The monoisotopic (exact) mass is 390 g/mol. The minimum absolute atomic E-state index is 0.0396. The molecule has 0 amide bonds. The molecule has 0 spiro atoms. The molecule has 150 valence electrons. The van der Waals surface area contributed by atoms with E-state index in [2.05, 4.69) is 137 Å². The van der Waals surface area contributed by atoms with Crippen LogP contribution < -0.4 is 0 Å². The molecule has 0 unspecified atom stereocenters. The molecule has 0 heteroatoms. The number of hydrogen-bond acceptors (Lipinski definition) is 0. The third-order valence-electron chi connectivity index (χ3n) is 6.66. The van der Waals surface area contributed by atoms with E-state index in [1.165, 1.54) is 33.4 Å². The second kappa shape index (κ2) is 7.95. The Labute approximate surface area is 181 Å². The molecule has 0 aliphatic rings. The molecule has 4 aromatic carbocycles. The Balaban J connectivity index is 1.78. The van der Waals surface area contributed by atoms with Crippen molar-refractivity contribution in [3.05, 3.63) is 143 Å². The molecular weight excluding hydrogens is 360 g/mol. The molecule has 4 aromatic rings. The van der Waals surface area contributed by atoms with Crippen LogP contribution in [-0.4, -0.2) is 0 Å². The standard InChI is InChI=1S/C30H30/c1-23-15-17-24(18-16-23)29(2,3)25-19-21-28(22-20-25)30(4,26-11-7-5-8-12-26)27-13-9-6-10-14-27/h5-22H,1-4H3. The number of aryl methyl sites for hydroxylation is 1. The van der Waals surface area contributed by atoms with Gasteiger partial charge in [0.05, 0.1) is 0 Å². The highest BCUT2D eigenvalue weighted by Crippen LogP contribution is 2.40. The van der Waals surface area contributed by atoms with Crippen molar-refractivity contribution in [2.75, 3.05) is 0 Å². The van der Waals surface area contributed by atoms with Crippen molar-refractivity contribution in [2.45, 2.75) is 38.5 Å². The van der Waals surface area contributed by atoms with Gasteiger partial charge in [-0.3, -0.25) is 0 Å². The summed E-state index contributed by atoms with van der Waals surface area (Å²) in [7, 11) is 0. The van der Waals surface area contributed by atoms with Crippen molar-refractivity contribution in [1.82, 2.24) is 0 Å². The van der Waals surface area contributed by atoms with Crippen LogP contribution in [0.2, 0.25) is 0 Å². The van der Waals surface area contributed by atoms with Crippen molar-refractivity contribution in [3.8, 4) is 0 Å². The fourth-order valence-corrected chi connectivity index (χ4v) is 4.40. The normalized spacial score (nSPS) is 12.0. The molecule has 0 N–H and O–H groups in total. The fraction of sp³-hybridized carbons (Fsp3) is 0.200. The summed E-state index contributed by atoms with van der Waals surface area (Å²) < 4.78 is 0. The first kappa shape index (κ1) is 20.2. The highest BCUT2D eigenvalue weighted by Gasteiger charge is 2.31. The van der Waals surface area contributed by atoms with Crippen LogP contribution in [-0.2, 0) is 10.8 Å². The summed E-state index contributed by atoms with van der Waals surface area (Å²) in [5.41, 5.74) is 7.66. The lowest BCUT2D eigenvalue weighted by Gasteiger charge is -2.33. The predicted octanol–water partition coefficient (Wildman–Crippen LogP) is 7.68. The number of hydrogen-bond donors (Lipinski definition) is 0. The molecule has 30 heavy (non-hydrogen) atoms. The second-order valence-corrected chi connectivity index (χ2v) is 8.93. The van der Waals surface area contributed by atoms with E-state index in [-0.39, 0.29) is 10.8 Å². The van der Waals surface area contributed by atoms with E-state index < -0.39 is 0 Å². The van der Waals surface area contributed by atoms with Crippen molar-refractivity contribution in [1.29, 1.82) is 0 Å². The Hall–Kier alpha value is -3.12. The van der Waals surface area contributed by atoms with Crippen LogP contribution in [0, 0.1) is 6.92 Å². The zero-order valence-electron chi connectivity index (χ0n) is 18.4. The molecule has 0 saturated heterocycles. The summed E-state index contributed by atoms with van der Waals surface area (Å²) in [6, 6.07) is 39.8. The topological polar surface area (TPSA) is 0 Å². The van der Waals surface area contributed by atoms with Gasteiger partial charge >= 0.3 is 0 Å². The second-order valence-electron chi connectivity index (χ2n) is 8.93.